The van der Waals surface area contributed by atoms with E-state index in [4.69, 9.17) is 4.74 Å². The molecule has 1 atom stereocenters. The first-order valence-electron chi connectivity index (χ1n) is 3.30. The predicted octanol–water partition coefficient (Wildman–Crippen LogP) is 2.16. The summed E-state index contributed by atoms with van der Waals surface area (Å²) in [6.45, 7) is 3.96. The quantitative estimate of drug-likeness (QED) is 0.572. The van der Waals surface area contributed by atoms with E-state index in [2.05, 4.69) is 0 Å². The first-order chi connectivity index (χ1) is 4.12. The molecule has 0 heterocycles. The highest BCUT2D eigenvalue weighted by molar-refractivity contribution is 4.69. The summed E-state index contributed by atoms with van der Waals surface area (Å²) < 4.78 is 17.7. The molecule has 1 unspecified atom stereocenters. The molecule has 0 bridgehead atoms. The van der Waals surface area contributed by atoms with Crippen LogP contribution in [0.5, 0.6) is 0 Å². The van der Waals surface area contributed by atoms with Crippen molar-refractivity contribution in [3.05, 3.63) is 0 Å². The molecule has 0 radical (unpaired) electrons. The zero-order valence-corrected chi connectivity index (χ0v) is 6.41. The van der Waals surface area contributed by atoms with Gasteiger partial charge < -0.3 is 4.74 Å². The van der Waals surface area contributed by atoms with E-state index in [1.807, 2.05) is 6.92 Å². The zero-order valence-electron chi connectivity index (χ0n) is 6.41. The van der Waals surface area contributed by atoms with Gasteiger partial charge in [-0.3, -0.25) is 0 Å². The van der Waals surface area contributed by atoms with Gasteiger partial charge in [-0.15, -0.1) is 0 Å². The summed E-state index contributed by atoms with van der Waals surface area (Å²) in [6.07, 6.45) is 1.07. The molecule has 0 rings (SSSR count). The molecule has 0 aromatic rings. The minimum absolute atomic E-state index is 0.500. The molecule has 0 spiro atoms. The Kier molecular flexibility index (Phi) is 3.78. The summed E-state index contributed by atoms with van der Waals surface area (Å²) in [5, 5.41) is 0. The summed E-state index contributed by atoms with van der Waals surface area (Å²) in [6, 6.07) is 0. The number of halogens is 1. The topological polar surface area (TPSA) is 9.23 Å². The summed E-state index contributed by atoms with van der Waals surface area (Å²) >= 11 is 0. The van der Waals surface area contributed by atoms with Crippen LogP contribution < -0.4 is 0 Å². The van der Waals surface area contributed by atoms with E-state index < -0.39 is 5.67 Å². The second-order valence-corrected chi connectivity index (χ2v) is 2.51. The molecule has 0 aromatic carbocycles. The number of hydrogen-bond acceptors (Lipinski definition) is 1. The largest absolute Gasteiger partial charge is 0.385 e. The van der Waals surface area contributed by atoms with Gasteiger partial charge in [0.2, 0.25) is 0 Å². The summed E-state index contributed by atoms with van der Waals surface area (Å²) in [4.78, 5) is 0. The predicted molar refractivity (Wildman–Crippen MR) is 36.3 cm³/mol. The molecule has 56 valence electrons. The van der Waals surface area contributed by atoms with Gasteiger partial charge in [0.05, 0.1) is 0 Å². The van der Waals surface area contributed by atoms with Crippen molar-refractivity contribution in [2.45, 2.75) is 32.4 Å². The highest BCUT2D eigenvalue weighted by Crippen LogP contribution is 2.18. The average molecular weight is 134 g/mol. The SMILES string of the molecule is CCC(C)(F)CCOC. The normalized spacial score (nSPS) is 17.3. The van der Waals surface area contributed by atoms with Crippen molar-refractivity contribution < 1.29 is 9.13 Å². The van der Waals surface area contributed by atoms with Crippen LogP contribution in [-0.2, 0) is 4.74 Å². The Bertz CT molecular complexity index is 71.3. The first-order valence-corrected chi connectivity index (χ1v) is 3.30. The van der Waals surface area contributed by atoms with Crippen molar-refractivity contribution in [3.63, 3.8) is 0 Å². The minimum atomic E-state index is -1.03. The molecule has 2 heteroatoms. The molecule has 0 saturated heterocycles. The van der Waals surface area contributed by atoms with Crippen LogP contribution >= 0.6 is 0 Å². The minimum Gasteiger partial charge on any atom is -0.385 e. The van der Waals surface area contributed by atoms with E-state index in [0.29, 0.717) is 19.4 Å². The van der Waals surface area contributed by atoms with Gasteiger partial charge in [-0.25, -0.2) is 4.39 Å². The van der Waals surface area contributed by atoms with E-state index in [0.717, 1.165) is 0 Å². The van der Waals surface area contributed by atoms with E-state index in [9.17, 15) is 4.39 Å². The molecule has 0 N–H and O–H groups in total. The van der Waals surface area contributed by atoms with E-state index in [1.165, 1.54) is 0 Å². The fraction of sp³-hybridized carbons (Fsp3) is 1.00. The summed E-state index contributed by atoms with van der Waals surface area (Å²) in [5.41, 5.74) is -1.03. The Morgan fingerprint density at radius 1 is 1.56 bits per heavy atom. The smallest absolute Gasteiger partial charge is 0.110 e. The molecule has 0 saturated carbocycles. The van der Waals surface area contributed by atoms with Gasteiger partial charge >= 0.3 is 0 Å². The first kappa shape index (κ1) is 8.89. The Morgan fingerprint density at radius 2 is 2.11 bits per heavy atom. The second-order valence-electron chi connectivity index (χ2n) is 2.51. The van der Waals surface area contributed by atoms with Crippen molar-refractivity contribution >= 4 is 0 Å². The van der Waals surface area contributed by atoms with Gasteiger partial charge in [-0.1, -0.05) is 6.92 Å². The summed E-state index contributed by atoms with van der Waals surface area (Å²) in [7, 11) is 1.59. The lowest BCUT2D eigenvalue weighted by atomic mass is 10.0. The Balaban J connectivity index is 3.33. The Morgan fingerprint density at radius 3 is 2.44 bits per heavy atom. The second kappa shape index (κ2) is 3.83. The van der Waals surface area contributed by atoms with Crippen LogP contribution in [0.15, 0.2) is 0 Å². The van der Waals surface area contributed by atoms with E-state index in [-0.39, 0.29) is 0 Å². The molecule has 0 aliphatic carbocycles. The van der Waals surface area contributed by atoms with Crippen LogP contribution in [-0.4, -0.2) is 19.4 Å². The van der Waals surface area contributed by atoms with E-state index >= 15 is 0 Å². The third-order valence-electron chi connectivity index (χ3n) is 1.56. The Labute approximate surface area is 56.2 Å². The van der Waals surface area contributed by atoms with Gasteiger partial charge in [-0.2, -0.15) is 0 Å². The lowest BCUT2D eigenvalue weighted by Crippen LogP contribution is -2.18. The molecule has 0 amide bonds. The lowest BCUT2D eigenvalue weighted by molar-refractivity contribution is 0.103. The monoisotopic (exact) mass is 134 g/mol. The van der Waals surface area contributed by atoms with Crippen LogP contribution in [0.25, 0.3) is 0 Å². The number of ether oxygens (including phenoxy) is 1. The molecule has 9 heavy (non-hydrogen) atoms. The number of methoxy groups -OCH3 is 1. The highest BCUT2D eigenvalue weighted by Gasteiger charge is 2.18. The standard InChI is InChI=1S/C7H15FO/c1-4-7(2,8)5-6-9-3/h4-6H2,1-3H3. The van der Waals surface area contributed by atoms with Crippen LogP contribution in [0, 0.1) is 0 Å². The van der Waals surface area contributed by atoms with Crippen LogP contribution in [0.4, 0.5) is 4.39 Å². The maximum Gasteiger partial charge on any atom is 0.110 e. The maximum absolute atomic E-state index is 12.9. The van der Waals surface area contributed by atoms with E-state index in [1.54, 1.807) is 14.0 Å². The van der Waals surface area contributed by atoms with Crippen molar-refractivity contribution in [2.24, 2.45) is 0 Å². The fourth-order valence-electron chi connectivity index (χ4n) is 0.492. The zero-order chi connectivity index (χ0) is 7.33. The molecule has 1 nitrogen and oxygen atoms in total. The van der Waals surface area contributed by atoms with Crippen LogP contribution in [0.2, 0.25) is 0 Å². The third-order valence-corrected chi connectivity index (χ3v) is 1.56. The van der Waals surface area contributed by atoms with Crippen molar-refractivity contribution in [3.8, 4) is 0 Å². The molecule has 0 aliphatic rings. The van der Waals surface area contributed by atoms with Crippen molar-refractivity contribution in [1.29, 1.82) is 0 Å². The highest BCUT2D eigenvalue weighted by atomic mass is 19.1. The van der Waals surface area contributed by atoms with Crippen LogP contribution in [0.3, 0.4) is 0 Å². The fourth-order valence-corrected chi connectivity index (χ4v) is 0.492. The van der Waals surface area contributed by atoms with Gasteiger partial charge in [-0.05, 0) is 13.3 Å². The molecule has 0 aliphatic heterocycles. The number of rotatable bonds is 4. The lowest BCUT2D eigenvalue weighted by Gasteiger charge is -2.16. The Hall–Kier alpha value is -0.110. The average Bonchev–Trinajstić information content (AvgIpc) is 1.84. The van der Waals surface area contributed by atoms with Gasteiger partial charge in [0.25, 0.3) is 0 Å². The summed E-state index contributed by atoms with van der Waals surface area (Å²) in [5.74, 6) is 0. The molecule has 0 aromatic heterocycles. The molecule has 0 fully saturated rings. The van der Waals surface area contributed by atoms with Crippen molar-refractivity contribution in [2.75, 3.05) is 13.7 Å². The van der Waals surface area contributed by atoms with Gasteiger partial charge in [0.15, 0.2) is 0 Å². The third kappa shape index (κ3) is 4.40. The maximum atomic E-state index is 12.9. The number of alkyl halides is 1. The van der Waals surface area contributed by atoms with Crippen LogP contribution in [0.1, 0.15) is 26.7 Å². The van der Waals surface area contributed by atoms with Crippen molar-refractivity contribution in [1.82, 2.24) is 0 Å². The molecular weight excluding hydrogens is 119 g/mol. The van der Waals surface area contributed by atoms with Gasteiger partial charge in [0.1, 0.15) is 5.67 Å². The molecular formula is C7H15FO. The number of hydrogen-bond donors (Lipinski definition) is 0. The van der Waals surface area contributed by atoms with Gasteiger partial charge in [0, 0.05) is 20.1 Å².